The summed E-state index contributed by atoms with van der Waals surface area (Å²) in [6.07, 6.45) is -0.0122. The van der Waals surface area contributed by atoms with Gasteiger partial charge in [-0.1, -0.05) is 180 Å². The molecule has 0 bridgehead atoms. The number of hydrogen-bond donors (Lipinski definition) is 15. The fourth-order valence-electron chi connectivity index (χ4n) is 11.7. The van der Waals surface area contributed by atoms with Crippen LogP contribution in [0.2, 0.25) is 0 Å². The Morgan fingerprint density at radius 1 is 0.448 bits per heavy atom. The molecule has 0 saturated carbocycles. The third-order valence-corrected chi connectivity index (χ3v) is 17.1. The van der Waals surface area contributed by atoms with Gasteiger partial charge in [-0.25, -0.2) is 0 Å². The Hall–Kier alpha value is -2.16. The highest BCUT2D eigenvalue weighted by atomic mass is 16.8. The minimum atomic E-state index is -2.09. The van der Waals surface area contributed by atoms with Crippen molar-refractivity contribution in [1.82, 2.24) is 10.6 Å². The van der Waals surface area contributed by atoms with Gasteiger partial charge in [-0.05, 0) is 19.3 Å². The highest BCUT2D eigenvalue weighted by molar-refractivity contribution is 5.76. The second-order valence-corrected chi connectivity index (χ2v) is 24.3. The van der Waals surface area contributed by atoms with Gasteiger partial charge in [-0.2, -0.15) is 0 Å². The summed E-state index contributed by atoms with van der Waals surface area (Å²) in [5, 5.41) is 147. The molecule has 510 valence electrons. The molecule has 4 saturated heterocycles. The maximum atomic E-state index is 13.4. The SMILES string of the molecule is CCCCCCCCCCCCCC=C[C@@H](O)[C@H](CO[C@@H]1O[C@H](CO)[C@@H](O[C@@H]2O[C@H](CO)[C@H](O[C@H]3O[C@H](CO)[C@H](O)[C@H](O[C@@H]4O[C@H](CO)[C@H](O)[C@H](O)[C@H]4NC(C)=O)[C@H]3O)[C@H](O)[C@H]2O)[C@H](O)C1O)NC(=O)CCCCCCCCCCCCCCCCC. The van der Waals surface area contributed by atoms with Crippen molar-refractivity contribution in [3.05, 3.63) is 12.2 Å². The number of amides is 2. The van der Waals surface area contributed by atoms with Crippen LogP contribution in [0.15, 0.2) is 12.2 Å². The van der Waals surface area contributed by atoms with Crippen LogP contribution in [0, 0.1) is 0 Å². The van der Waals surface area contributed by atoms with Crippen LogP contribution in [0.1, 0.15) is 201 Å². The van der Waals surface area contributed by atoms with Crippen LogP contribution in [-0.2, 0) is 47.5 Å². The van der Waals surface area contributed by atoms with E-state index in [-0.39, 0.29) is 12.3 Å². The minimum absolute atomic E-state index is 0.218. The number of allylic oxidation sites excluding steroid dienone is 1. The molecule has 4 aliphatic rings. The van der Waals surface area contributed by atoms with E-state index in [1.165, 1.54) is 116 Å². The van der Waals surface area contributed by atoms with Crippen molar-refractivity contribution in [3.63, 3.8) is 0 Å². The predicted octanol–water partition coefficient (Wildman–Crippen LogP) is 1.78. The molecule has 4 rings (SSSR count). The lowest BCUT2D eigenvalue weighted by Gasteiger charge is -2.49. The molecular formula is C62H114N2O23. The second-order valence-electron chi connectivity index (χ2n) is 24.3. The standard InChI is InChI=1S/C62H114N2O23/c1-4-6-8-10-12-14-16-18-19-21-23-25-27-29-31-33-46(71)64-40(41(70)32-30-28-26-24-22-20-17-15-13-11-9-7-5-2)38-80-60-53(77)51(75)56(44(36-67)83-60)85-61-54(78)52(76)57(45(37-68)84-61)86-62-55(79)58(49(73)43(35-66)82-62)87-59-47(63-39(3)69)50(74)48(72)42(34-65)81-59/h30,32,40-45,47-62,65-68,70,72-79H,4-29,31,33-38H2,1-3H3,(H,63,69)(H,64,71)/t40-,41+,42+,43+,44+,45+,47+,48-,49-,50+,51+,52+,53?,54+,55+,56+,57-,58-,59-,60+,61-,62+/m0/s1. The first-order valence-corrected chi connectivity index (χ1v) is 32.9. The van der Waals surface area contributed by atoms with E-state index in [2.05, 4.69) is 24.5 Å². The molecule has 4 aliphatic heterocycles. The van der Waals surface area contributed by atoms with Gasteiger partial charge in [0.15, 0.2) is 25.2 Å². The van der Waals surface area contributed by atoms with E-state index in [9.17, 15) is 76.0 Å². The molecule has 25 heteroatoms. The van der Waals surface area contributed by atoms with Gasteiger partial charge in [0, 0.05) is 13.3 Å². The van der Waals surface area contributed by atoms with Crippen molar-refractivity contribution in [3.8, 4) is 0 Å². The number of carbonyl (C=O) groups is 2. The molecule has 0 aromatic heterocycles. The van der Waals surface area contributed by atoms with Gasteiger partial charge < -0.3 is 115 Å². The summed E-state index contributed by atoms with van der Waals surface area (Å²) in [6, 6.07) is -2.53. The van der Waals surface area contributed by atoms with Crippen LogP contribution in [-0.4, -0.2) is 246 Å². The molecular weight excluding hydrogens is 1140 g/mol. The highest BCUT2D eigenvalue weighted by Gasteiger charge is 2.56. The van der Waals surface area contributed by atoms with Crippen molar-refractivity contribution in [2.24, 2.45) is 0 Å². The molecule has 87 heavy (non-hydrogen) atoms. The fraction of sp³-hybridized carbons (Fsp3) is 0.935. The average Bonchev–Trinajstić information content (AvgIpc) is 2.49. The van der Waals surface area contributed by atoms with E-state index < -0.39 is 174 Å². The molecule has 0 aromatic carbocycles. The van der Waals surface area contributed by atoms with Crippen LogP contribution in [0.3, 0.4) is 0 Å². The van der Waals surface area contributed by atoms with Crippen molar-refractivity contribution in [1.29, 1.82) is 0 Å². The Balaban J connectivity index is 1.34. The number of hydrogen-bond acceptors (Lipinski definition) is 23. The lowest BCUT2D eigenvalue weighted by atomic mass is 9.95. The van der Waals surface area contributed by atoms with Crippen molar-refractivity contribution < 1.29 is 114 Å². The molecule has 15 N–H and O–H groups in total. The van der Waals surface area contributed by atoms with Crippen molar-refractivity contribution in [2.75, 3.05) is 33.0 Å². The van der Waals surface area contributed by atoms with Crippen LogP contribution >= 0.6 is 0 Å². The first-order chi connectivity index (χ1) is 42.0. The zero-order valence-corrected chi connectivity index (χ0v) is 52.1. The number of ether oxygens (including phenoxy) is 8. The average molecular weight is 1260 g/mol. The molecule has 22 atom stereocenters. The molecule has 0 spiro atoms. The largest absolute Gasteiger partial charge is 0.394 e. The van der Waals surface area contributed by atoms with Gasteiger partial charge in [-0.3, -0.25) is 9.59 Å². The number of aliphatic hydroxyl groups is 13. The number of nitrogens with one attached hydrogen (secondary N) is 2. The van der Waals surface area contributed by atoms with E-state index >= 15 is 0 Å². The Morgan fingerprint density at radius 2 is 0.839 bits per heavy atom. The van der Waals surface area contributed by atoms with Crippen molar-refractivity contribution >= 4 is 11.8 Å². The molecule has 4 heterocycles. The molecule has 0 aromatic rings. The van der Waals surface area contributed by atoms with Crippen LogP contribution in [0.25, 0.3) is 0 Å². The van der Waals surface area contributed by atoms with E-state index in [0.29, 0.717) is 12.8 Å². The third-order valence-electron chi connectivity index (χ3n) is 17.1. The lowest BCUT2D eigenvalue weighted by molar-refractivity contribution is -0.386. The zero-order valence-electron chi connectivity index (χ0n) is 52.1. The molecule has 0 radical (unpaired) electrons. The normalized spacial score (nSPS) is 33.8. The molecule has 25 nitrogen and oxygen atoms in total. The molecule has 2 amide bonds. The van der Waals surface area contributed by atoms with Crippen LogP contribution < -0.4 is 10.6 Å². The van der Waals surface area contributed by atoms with Gasteiger partial charge in [0.25, 0.3) is 0 Å². The monoisotopic (exact) mass is 1250 g/mol. The van der Waals surface area contributed by atoms with E-state index in [1.807, 2.05) is 6.08 Å². The Bertz CT molecular complexity index is 1830. The zero-order chi connectivity index (χ0) is 63.7. The number of carbonyl (C=O) groups excluding carboxylic acids is 2. The van der Waals surface area contributed by atoms with E-state index in [1.54, 1.807) is 6.08 Å². The minimum Gasteiger partial charge on any atom is -0.394 e. The second kappa shape index (κ2) is 43.6. The summed E-state index contributed by atoms with van der Waals surface area (Å²) >= 11 is 0. The van der Waals surface area contributed by atoms with Gasteiger partial charge >= 0.3 is 0 Å². The maximum Gasteiger partial charge on any atom is 0.220 e. The van der Waals surface area contributed by atoms with Gasteiger partial charge in [-0.15, -0.1) is 0 Å². The fourth-order valence-corrected chi connectivity index (χ4v) is 11.7. The topological polar surface area (TPSA) is 395 Å². The van der Waals surface area contributed by atoms with Crippen LogP contribution in [0.4, 0.5) is 0 Å². The maximum absolute atomic E-state index is 13.4. The summed E-state index contributed by atoms with van der Waals surface area (Å²) in [7, 11) is 0. The summed E-state index contributed by atoms with van der Waals surface area (Å²) in [5.74, 6) is -1.00. The quantitative estimate of drug-likeness (QED) is 0.0305. The molecule has 4 fully saturated rings. The van der Waals surface area contributed by atoms with Gasteiger partial charge in [0.1, 0.15) is 97.6 Å². The molecule has 1 unspecified atom stereocenters. The first-order valence-electron chi connectivity index (χ1n) is 32.9. The number of rotatable bonds is 45. The van der Waals surface area contributed by atoms with Crippen molar-refractivity contribution in [2.45, 2.75) is 335 Å². The smallest absolute Gasteiger partial charge is 0.220 e. The van der Waals surface area contributed by atoms with Gasteiger partial charge in [0.05, 0.1) is 45.2 Å². The third kappa shape index (κ3) is 26.0. The highest BCUT2D eigenvalue weighted by Crippen LogP contribution is 2.35. The summed E-state index contributed by atoms with van der Waals surface area (Å²) in [5.41, 5.74) is 0. The number of aliphatic hydroxyl groups excluding tert-OH is 13. The first kappa shape index (κ1) is 77.3. The lowest BCUT2D eigenvalue weighted by Crippen LogP contribution is -2.69. The van der Waals surface area contributed by atoms with Crippen LogP contribution in [0.5, 0.6) is 0 Å². The summed E-state index contributed by atoms with van der Waals surface area (Å²) < 4.78 is 46.4. The van der Waals surface area contributed by atoms with E-state index in [4.69, 9.17) is 37.9 Å². The molecule has 0 aliphatic carbocycles. The Morgan fingerprint density at radius 3 is 1.31 bits per heavy atom. The summed E-state index contributed by atoms with van der Waals surface area (Å²) in [4.78, 5) is 25.4. The van der Waals surface area contributed by atoms with E-state index in [0.717, 1.165) is 51.9 Å². The number of unbranched alkanes of at least 4 members (excludes halogenated alkanes) is 25. The Labute approximate surface area is 515 Å². The van der Waals surface area contributed by atoms with Gasteiger partial charge in [0.2, 0.25) is 11.8 Å². The predicted molar refractivity (Wildman–Crippen MR) is 317 cm³/mol. The Kier molecular flexibility index (Phi) is 38.8. The summed E-state index contributed by atoms with van der Waals surface area (Å²) in [6.45, 7) is 1.61.